The summed E-state index contributed by atoms with van der Waals surface area (Å²) < 4.78 is 16.8. The van der Waals surface area contributed by atoms with Crippen molar-refractivity contribution in [3.8, 4) is 0 Å². The first-order chi connectivity index (χ1) is 5.34. The third-order valence-corrected chi connectivity index (χ3v) is 12.1. The third kappa shape index (κ3) is 1.72. The first-order valence-electron chi connectivity index (χ1n) is 3.46. The molecule has 1 aliphatic heterocycles. The number of hydrogen-bond donors (Lipinski definition) is 0. The predicted octanol–water partition coefficient (Wildman–Crippen LogP) is 3.56. The molecule has 4 unspecified atom stereocenters. The van der Waals surface area contributed by atoms with E-state index in [2.05, 4.69) is 47.8 Å². The fraction of sp³-hybridized carbons (Fsp3) is 1.00. The van der Waals surface area contributed by atoms with E-state index >= 15 is 0 Å². The van der Waals surface area contributed by atoms with Gasteiger partial charge in [0, 0.05) is 18.1 Å². The Morgan fingerprint density at radius 1 is 1.58 bits per heavy atom. The summed E-state index contributed by atoms with van der Waals surface area (Å²) >= 11 is 10.4. The maximum Gasteiger partial charge on any atom is 0.218 e. The highest BCUT2D eigenvalue weighted by Gasteiger charge is 2.55. The molecule has 0 aliphatic carbocycles. The maximum atomic E-state index is 12.0. The van der Waals surface area contributed by atoms with Gasteiger partial charge in [-0.05, 0) is 6.92 Å². The van der Waals surface area contributed by atoms with Gasteiger partial charge in [0.2, 0.25) is 7.37 Å². The fourth-order valence-electron chi connectivity index (χ4n) is 1.20. The molecule has 4 atom stereocenters. The normalized spacial score (nSPS) is 54.4. The summed E-state index contributed by atoms with van der Waals surface area (Å²) in [7, 11) is -0.994. The van der Waals surface area contributed by atoms with Crippen LogP contribution in [0.3, 0.4) is 0 Å². The molecule has 0 amide bonds. The van der Waals surface area contributed by atoms with Crippen LogP contribution in [0, 0.1) is 0 Å². The molecular formula is C6H10Br3O2P. The lowest BCUT2D eigenvalue weighted by Crippen LogP contribution is -2.30. The van der Waals surface area contributed by atoms with Gasteiger partial charge in [0.15, 0.2) is 0 Å². The molecule has 0 N–H and O–H groups in total. The Hall–Kier alpha value is 1.63. The zero-order valence-corrected chi connectivity index (χ0v) is 12.4. The van der Waals surface area contributed by atoms with Crippen LogP contribution in [0.4, 0.5) is 0 Å². The lowest BCUT2D eigenvalue weighted by atomic mass is 10.2. The van der Waals surface area contributed by atoms with Crippen molar-refractivity contribution in [2.75, 3.05) is 13.3 Å². The van der Waals surface area contributed by atoms with Crippen molar-refractivity contribution in [2.45, 2.75) is 20.6 Å². The largest absolute Gasteiger partial charge is 0.331 e. The van der Waals surface area contributed by atoms with Crippen LogP contribution in [0.25, 0.3) is 0 Å². The Labute approximate surface area is 97.7 Å². The Bertz CT molecular complexity index is 231. The van der Waals surface area contributed by atoms with Crippen molar-refractivity contribution in [3.63, 3.8) is 0 Å². The summed E-state index contributed by atoms with van der Waals surface area (Å²) in [5.41, 5.74) is 0. The van der Waals surface area contributed by atoms with Gasteiger partial charge >= 0.3 is 0 Å². The second-order valence-electron chi connectivity index (χ2n) is 3.05. The molecule has 0 aromatic carbocycles. The number of rotatable bonds is 1. The summed E-state index contributed by atoms with van der Waals surface area (Å²) in [4.78, 5) is 0.181. The van der Waals surface area contributed by atoms with Gasteiger partial charge in [-0.15, -0.1) is 0 Å². The van der Waals surface area contributed by atoms with Crippen LogP contribution in [0.1, 0.15) is 6.92 Å². The molecule has 1 rings (SSSR count). The molecule has 12 heavy (non-hydrogen) atoms. The lowest BCUT2D eigenvalue weighted by Gasteiger charge is -2.23. The van der Waals surface area contributed by atoms with Gasteiger partial charge in [0.25, 0.3) is 0 Å². The van der Waals surface area contributed by atoms with Crippen molar-refractivity contribution in [1.29, 1.82) is 0 Å². The van der Waals surface area contributed by atoms with Crippen LogP contribution in [0.5, 0.6) is 0 Å². The van der Waals surface area contributed by atoms with E-state index in [0.29, 0.717) is 6.16 Å². The summed E-state index contributed by atoms with van der Waals surface area (Å²) in [6.07, 6.45) is 0.571. The zero-order valence-electron chi connectivity index (χ0n) is 6.76. The van der Waals surface area contributed by atoms with E-state index in [9.17, 15) is 4.57 Å². The molecular weight excluding hydrogens is 375 g/mol. The van der Waals surface area contributed by atoms with E-state index in [1.54, 1.807) is 0 Å². The summed E-state index contributed by atoms with van der Waals surface area (Å²) in [6.45, 7) is 2.00. The minimum absolute atomic E-state index is 0.119. The standard InChI is InChI=1S/C6H10Br3O2P/c1-6(9)4(7)3-12(10,11-2)5(6)8/h4-5H,3H2,1-2H3. The number of hydrogen-bond acceptors (Lipinski definition) is 2. The molecule has 0 saturated carbocycles. The van der Waals surface area contributed by atoms with Crippen LogP contribution < -0.4 is 0 Å². The SMILES string of the molecule is COP1(=O)CC(Br)C(C)(Br)C1Br. The Morgan fingerprint density at radius 2 is 2.08 bits per heavy atom. The molecule has 0 aromatic rings. The second-order valence-corrected chi connectivity index (χ2v) is 10.2. The van der Waals surface area contributed by atoms with E-state index in [1.165, 1.54) is 7.11 Å². The van der Waals surface area contributed by atoms with Gasteiger partial charge < -0.3 is 4.52 Å². The third-order valence-electron chi connectivity index (χ3n) is 2.15. The molecule has 0 bridgehead atoms. The van der Waals surface area contributed by atoms with E-state index < -0.39 is 7.37 Å². The lowest BCUT2D eigenvalue weighted by molar-refractivity contribution is 0.396. The Kier molecular flexibility index (Phi) is 3.56. The van der Waals surface area contributed by atoms with Crippen molar-refractivity contribution >= 4 is 55.2 Å². The van der Waals surface area contributed by atoms with E-state index in [0.717, 1.165) is 0 Å². The van der Waals surface area contributed by atoms with Gasteiger partial charge in [0.1, 0.15) is 4.57 Å². The van der Waals surface area contributed by atoms with Gasteiger partial charge in [0.05, 0.1) is 4.32 Å². The Morgan fingerprint density at radius 3 is 2.25 bits per heavy atom. The topological polar surface area (TPSA) is 26.3 Å². The summed E-state index contributed by atoms with van der Waals surface area (Å²) in [5.74, 6) is 0. The second kappa shape index (κ2) is 3.65. The van der Waals surface area contributed by atoms with Crippen LogP contribution in [0.15, 0.2) is 0 Å². The Balaban J connectivity index is 2.98. The minimum Gasteiger partial charge on any atom is -0.331 e. The van der Waals surface area contributed by atoms with Crippen molar-refractivity contribution in [1.82, 2.24) is 0 Å². The van der Waals surface area contributed by atoms with Gasteiger partial charge in [-0.25, -0.2) is 0 Å². The van der Waals surface area contributed by atoms with Crippen LogP contribution in [0.2, 0.25) is 0 Å². The van der Waals surface area contributed by atoms with Gasteiger partial charge in [-0.3, -0.25) is 4.57 Å². The average molecular weight is 385 g/mol. The monoisotopic (exact) mass is 382 g/mol. The van der Waals surface area contributed by atoms with Crippen LogP contribution >= 0.6 is 55.2 Å². The summed E-state index contributed by atoms with van der Waals surface area (Å²) in [5, 5.41) is 0. The zero-order chi connectivity index (χ0) is 9.57. The molecule has 72 valence electrons. The fourth-order valence-corrected chi connectivity index (χ4v) is 8.19. The van der Waals surface area contributed by atoms with Crippen molar-refractivity contribution in [3.05, 3.63) is 0 Å². The first kappa shape index (κ1) is 11.7. The van der Waals surface area contributed by atoms with Crippen LogP contribution in [-0.2, 0) is 9.09 Å². The molecule has 1 aliphatic rings. The molecule has 1 saturated heterocycles. The highest BCUT2D eigenvalue weighted by Crippen LogP contribution is 2.67. The first-order valence-corrected chi connectivity index (χ1v) is 7.96. The van der Waals surface area contributed by atoms with Crippen molar-refractivity contribution in [2.24, 2.45) is 0 Å². The molecule has 1 fully saturated rings. The van der Waals surface area contributed by atoms with E-state index in [1.807, 2.05) is 6.92 Å². The van der Waals surface area contributed by atoms with Crippen molar-refractivity contribution < 1.29 is 9.09 Å². The summed E-state index contributed by atoms with van der Waals surface area (Å²) in [6, 6.07) is 0. The smallest absolute Gasteiger partial charge is 0.218 e. The highest BCUT2D eigenvalue weighted by molar-refractivity contribution is 9.14. The molecule has 0 aromatic heterocycles. The molecule has 0 radical (unpaired) electrons. The van der Waals surface area contributed by atoms with Crippen LogP contribution in [-0.4, -0.2) is 27.0 Å². The van der Waals surface area contributed by atoms with E-state index in [-0.39, 0.29) is 13.7 Å². The average Bonchev–Trinajstić information content (AvgIpc) is 2.14. The number of halogens is 3. The van der Waals surface area contributed by atoms with Gasteiger partial charge in [-0.1, -0.05) is 47.8 Å². The molecule has 0 spiro atoms. The molecule has 1 heterocycles. The molecule has 2 nitrogen and oxygen atoms in total. The minimum atomic E-state index is -2.50. The van der Waals surface area contributed by atoms with E-state index in [4.69, 9.17) is 4.52 Å². The molecule has 6 heteroatoms. The number of alkyl halides is 3. The quantitative estimate of drug-likeness (QED) is 0.510. The predicted molar refractivity (Wildman–Crippen MR) is 62.2 cm³/mol. The maximum absolute atomic E-state index is 12.0. The highest BCUT2D eigenvalue weighted by atomic mass is 79.9. The van der Waals surface area contributed by atoms with Gasteiger partial charge in [-0.2, -0.15) is 0 Å².